The van der Waals surface area contributed by atoms with Crippen LogP contribution < -0.4 is 4.87 Å². The molecule has 1 heterocycles. The molecule has 1 fully saturated rings. The SMILES string of the molecule is CN(Cc1ccccc1-c1ccc(Cc2sc(=O)[nH]c2O)cc1)C(=O)CCC1CCCC1. The van der Waals surface area contributed by atoms with Gasteiger partial charge in [0.05, 0.1) is 4.88 Å². The van der Waals surface area contributed by atoms with Crippen molar-refractivity contribution in [3.8, 4) is 17.0 Å². The van der Waals surface area contributed by atoms with Gasteiger partial charge in [0.1, 0.15) is 0 Å². The lowest BCUT2D eigenvalue weighted by atomic mass is 9.97. The fourth-order valence-electron chi connectivity index (χ4n) is 4.56. The van der Waals surface area contributed by atoms with Gasteiger partial charge in [0, 0.05) is 26.4 Å². The second kappa shape index (κ2) is 10.2. The lowest BCUT2D eigenvalue weighted by molar-refractivity contribution is -0.130. The number of aromatic nitrogens is 1. The van der Waals surface area contributed by atoms with Gasteiger partial charge in [-0.15, -0.1) is 0 Å². The first kappa shape index (κ1) is 22.3. The Kier molecular flexibility index (Phi) is 7.10. The van der Waals surface area contributed by atoms with Gasteiger partial charge < -0.3 is 10.0 Å². The molecule has 0 spiro atoms. The number of thiazole rings is 1. The summed E-state index contributed by atoms with van der Waals surface area (Å²) in [4.78, 5) is 28.7. The Hall–Kier alpha value is -2.86. The summed E-state index contributed by atoms with van der Waals surface area (Å²) in [6.07, 6.45) is 7.33. The van der Waals surface area contributed by atoms with Gasteiger partial charge in [-0.2, -0.15) is 0 Å². The van der Waals surface area contributed by atoms with Crippen LogP contribution in [0.25, 0.3) is 11.1 Å². The Labute approximate surface area is 192 Å². The molecule has 6 heteroatoms. The number of rotatable bonds is 8. The van der Waals surface area contributed by atoms with Crippen molar-refractivity contribution in [3.63, 3.8) is 0 Å². The third kappa shape index (κ3) is 5.49. The van der Waals surface area contributed by atoms with Crippen LogP contribution in [-0.4, -0.2) is 27.9 Å². The minimum atomic E-state index is -0.245. The topological polar surface area (TPSA) is 73.4 Å². The first-order valence-electron chi connectivity index (χ1n) is 11.3. The fourth-order valence-corrected chi connectivity index (χ4v) is 5.32. The predicted octanol–water partition coefficient (Wildman–Crippen LogP) is 5.33. The third-order valence-electron chi connectivity index (χ3n) is 6.42. The molecular weight excluding hydrogens is 420 g/mol. The first-order valence-corrected chi connectivity index (χ1v) is 12.1. The summed E-state index contributed by atoms with van der Waals surface area (Å²) in [5.41, 5.74) is 4.35. The number of aromatic hydroxyl groups is 1. The summed E-state index contributed by atoms with van der Waals surface area (Å²) in [5, 5.41) is 9.81. The van der Waals surface area contributed by atoms with Crippen LogP contribution in [0.2, 0.25) is 0 Å². The van der Waals surface area contributed by atoms with Crippen molar-refractivity contribution >= 4 is 17.2 Å². The quantitative estimate of drug-likeness (QED) is 0.487. The van der Waals surface area contributed by atoms with Gasteiger partial charge >= 0.3 is 4.87 Å². The molecule has 3 aromatic rings. The smallest absolute Gasteiger partial charge is 0.307 e. The predicted molar refractivity (Wildman–Crippen MR) is 129 cm³/mol. The van der Waals surface area contributed by atoms with Crippen LogP contribution in [0.5, 0.6) is 5.88 Å². The summed E-state index contributed by atoms with van der Waals surface area (Å²) >= 11 is 1.03. The van der Waals surface area contributed by atoms with E-state index in [4.69, 9.17) is 0 Å². The lowest BCUT2D eigenvalue weighted by Crippen LogP contribution is -2.26. The largest absolute Gasteiger partial charge is 0.494 e. The van der Waals surface area contributed by atoms with Crippen LogP contribution in [0.4, 0.5) is 0 Å². The molecule has 2 N–H and O–H groups in total. The third-order valence-corrected chi connectivity index (χ3v) is 7.29. The van der Waals surface area contributed by atoms with Crippen molar-refractivity contribution in [2.24, 2.45) is 5.92 Å². The van der Waals surface area contributed by atoms with Gasteiger partial charge in [-0.25, -0.2) is 0 Å². The summed E-state index contributed by atoms with van der Waals surface area (Å²) in [7, 11) is 1.89. The van der Waals surface area contributed by atoms with Gasteiger partial charge in [-0.3, -0.25) is 14.6 Å². The van der Waals surface area contributed by atoms with Crippen molar-refractivity contribution in [3.05, 3.63) is 74.2 Å². The van der Waals surface area contributed by atoms with Crippen LogP contribution in [0.3, 0.4) is 0 Å². The van der Waals surface area contributed by atoms with Crippen LogP contribution >= 0.6 is 11.3 Å². The minimum Gasteiger partial charge on any atom is -0.494 e. The number of hydrogen-bond acceptors (Lipinski definition) is 4. The number of H-pyrrole nitrogens is 1. The van der Waals surface area contributed by atoms with E-state index in [2.05, 4.69) is 29.2 Å². The lowest BCUT2D eigenvalue weighted by Gasteiger charge is -2.20. The number of nitrogens with zero attached hydrogens (tertiary/aromatic N) is 1. The molecule has 1 aliphatic carbocycles. The van der Waals surface area contributed by atoms with Gasteiger partial charge in [0.25, 0.3) is 0 Å². The number of amides is 1. The molecule has 0 atom stereocenters. The van der Waals surface area contributed by atoms with E-state index in [-0.39, 0.29) is 16.7 Å². The Balaban J connectivity index is 1.42. The van der Waals surface area contributed by atoms with Gasteiger partial charge in [0.15, 0.2) is 0 Å². The summed E-state index contributed by atoms with van der Waals surface area (Å²) in [5.74, 6) is 0.898. The number of aromatic amines is 1. The monoisotopic (exact) mass is 450 g/mol. The second-order valence-corrected chi connectivity index (χ2v) is 9.82. The highest BCUT2D eigenvalue weighted by atomic mass is 32.1. The van der Waals surface area contributed by atoms with E-state index in [1.165, 1.54) is 25.7 Å². The Morgan fingerprint density at radius 2 is 1.84 bits per heavy atom. The van der Waals surface area contributed by atoms with E-state index in [1.807, 2.05) is 36.2 Å². The molecule has 0 unspecified atom stereocenters. The van der Waals surface area contributed by atoms with E-state index >= 15 is 0 Å². The number of carbonyl (C=O) groups excluding carboxylic acids is 1. The van der Waals surface area contributed by atoms with Gasteiger partial charge in [-0.1, -0.05) is 85.6 Å². The zero-order chi connectivity index (χ0) is 22.5. The fraction of sp³-hybridized carbons (Fsp3) is 0.385. The molecule has 2 aromatic carbocycles. The molecule has 1 saturated carbocycles. The Morgan fingerprint density at radius 3 is 2.53 bits per heavy atom. The molecule has 0 saturated heterocycles. The number of carbonyl (C=O) groups is 1. The second-order valence-electron chi connectivity index (χ2n) is 8.76. The molecule has 4 rings (SSSR count). The molecule has 1 amide bonds. The molecule has 0 bridgehead atoms. The average molecular weight is 451 g/mol. The Morgan fingerprint density at radius 1 is 1.12 bits per heavy atom. The molecule has 1 aromatic heterocycles. The number of benzene rings is 2. The van der Waals surface area contributed by atoms with E-state index in [9.17, 15) is 14.7 Å². The maximum absolute atomic E-state index is 12.7. The summed E-state index contributed by atoms with van der Waals surface area (Å²) in [6.45, 7) is 0.590. The number of nitrogens with one attached hydrogen (secondary N) is 1. The van der Waals surface area contributed by atoms with Crippen molar-refractivity contribution in [2.45, 2.75) is 51.5 Å². The standard InChI is InChI=1S/C26H30N2O3S/c1-28(24(29)15-12-18-6-2-3-7-18)17-21-8-4-5-9-22(21)20-13-10-19(11-14-20)16-23-25(30)27-26(31)32-23/h4-5,8-11,13-14,18,30H,2-3,6-7,12,15-17H2,1H3,(H,27,31). The van der Waals surface area contributed by atoms with Crippen LogP contribution in [0.1, 0.15) is 54.5 Å². The number of hydrogen-bond donors (Lipinski definition) is 2. The zero-order valence-electron chi connectivity index (χ0n) is 18.5. The highest BCUT2D eigenvalue weighted by Gasteiger charge is 2.18. The molecule has 1 aliphatic rings. The van der Waals surface area contributed by atoms with Crippen LogP contribution in [-0.2, 0) is 17.8 Å². The van der Waals surface area contributed by atoms with Gasteiger partial charge in [-0.05, 0) is 34.6 Å². The summed E-state index contributed by atoms with van der Waals surface area (Å²) < 4.78 is 0. The van der Waals surface area contributed by atoms with Crippen molar-refractivity contribution < 1.29 is 9.90 Å². The first-order chi connectivity index (χ1) is 15.5. The zero-order valence-corrected chi connectivity index (χ0v) is 19.3. The maximum Gasteiger partial charge on any atom is 0.307 e. The molecular formula is C26H30N2O3S. The van der Waals surface area contributed by atoms with E-state index in [0.29, 0.717) is 24.3 Å². The van der Waals surface area contributed by atoms with E-state index in [0.717, 1.165) is 45.9 Å². The van der Waals surface area contributed by atoms with Crippen LogP contribution in [0, 0.1) is 5.92 Å². The van der Waals surface area contributed by atoms with Crippen molar-refractivity contribution in [2.75, 3.05) is 7.05 Å². The van der Waals surface area contributed by atoms with Crippen molar-refractivity contribution in [1.82, 2.24) is 9.88 Å². The average Bonchev–Trinajstić information content (AvgIpc) is 3.42. The summed E-state index contributed by atoms with van der Waals surface area (Å²) in [6, 6.07) is 16.4. The molecule has 168 valence electrons. The van der Waals surface area contributed by atoms with Gasteiger partial charge in [0.2, 0.25) is 11.8 Å². The molecule has 0 radical (unpaired) electrons. The van der Waals surface area contributed by atoms with Crippen LogP contribution in [0.15, 0.2) is 53.3 Å². The highest BCUT2D eigenvalue weighted by molar-refractivity contribution is 7.09. The Bertz CT molecular complexity index is 1110. The molecule has 0 aliphatic heterocycles. The van der Waals surface area contributed by atoms with Crippen molar-refractivity contribution in [1.29, 1.82) is 0 Å². The maximum atomic E-state index is 12.7. The van der Waals surface area contributed by atoms with E-state index in [1.54, 1.807) is 0 Å². The van der Waals surface area contributed by atoms with E-state index < -0.39 is 0 Å². The normalized spacial score (nSPS) is 14.0. The minimum absolute atomic E-state index is 0.0462. The molecule has 32 heavy (non-hydrogen) atoms. The molecule has 5 nitrogen and oxygen atoms in total. The highest BCUT2D eigenvalue weighted by Crippen LogP contribution is 2.29.